The van der Waals surface area contributed by atoms with E-state index in [4.69, 9.17) is 4.74 Å². The SMILES string of the molecule is CCN(CC)S(=O)(=O)NC(=O)c1ccc2c(C)c3n(c2c1)CC1(C(=O)O)CC1c1cc(OC)ccc1-3. The van der Waals surface area contributed by atoms with Crippen molar-refractivity contribution in [3.8, 4) is 17.0 Å². The predicted molar refractivity (Wildman–Crippen MR) is 135 cm³/mol. The zero-order valence-electron chi connectivity index (χ0n) is 20.7. The summed E-state index contributed by atoms with van der Waals surface area (Å²) in [5.74, 6) is -1.04. The Morgan fingerprint density at radius 1 is 1.19 bits per heavy atom. The molecule has 1 aliphatic heterocycles. The number of aliphatic carboxylic acids is 1. The molecule has 10 heteroatoms. The molecule has 2 atom stereocenters. The fraction of sp³-hybridized carbons (Fsp3) is 0.385. The van der Waals surface area contributed by atoms with Gasteiger partial charge in [0, 0.05) is 47.6 Å². The Morgan fingerprint density at radius 2 is 1.92 bits per heavy atom. The normalized spacial score (nSPS) is 20.3. The lowest BCUT2D eigenvalue weighted by molar-refractivity contribution is -0.144. The van der Waals surface area contributed by atoms with Crippen LogP contribution in [0.15, 0.2) is 36.4 Å². The molecule has 190 valence electrons. The summed E-state index contributed by atoms with van der Waals surface area (Å²) >= 11 is 0. The van der Waals surface area contributed by atoms with E-state index >= 15 is 0 Å². The number of carbonyl (C=O) groups excluding carboxylic acids is 1. The summed E-state index contributed by atoms with van der Waals surface area (Å²) in [7, 11) is -2.39. The van der Waals surface area contributed by atoms with E-state index in [0.717, 1.165) is 27.8 Å². The Labute approximate surface area is 209 Å². The van der Waals surface area contributed by atoms with E-state index in [2.05, 4.69) is 4.72 Å². The molecule has 1 amide bonds. The largest absolute Gasteiger partial charge is 0.497 e. The zero-order chi connectivity index (χ0) is 26.0. The first-order valence-corrected chi connectivity index (χ1v) is 13.4. The molecule has 1 aliphatic carbocycles. The van der Waals surface area contributed by atoms with E-state index < -0.39 is 27.5 Å². The number of carbonyl (C=O) groups is 2. The van der Waals surface area contributed by atoms with Gasteiger partial charge in [0.05, 0.1) is 18.2 Å². The van der Waals surface area contributed by atoms with Gasteiger partial charge < -0.3 is 14.4 Å². The third-order valence-corrected chi connectivity index (χ3v) is 9.32. The van der Waals surface area contributed by atoms with Crippen LogP contribution >= 0.6 is 0 Å². The third-order valence-electron chi connectivity index (χ3n) is 7.68. The summed E-state index contributed by atoms with van der Waals surface area (Å²) in [4.78, 5) is 25.4. The lowest BCUT2D eigenvalue weighted by Gasteiger charge is -2.18. The average Bonchev–Trinajstić information content (AvgIpc) is 3.54. The predicted octanol–water partition coefficient (Wildman–Crippen LogP) is 3.51. The van der Waals surface area contributed by atoms with Crippen molar-refractivity contribution < 1.29 is 27.9 Å². The van der Waals surface area contributed by atoms with Crippen molar-refractivity contribution in [2.24, 2.45) is 5.41 Å². The van der Waals surface area contributed by atoms with Gasteiger partial charge in [-0.05, 0) is 54.8 Å². The Balaban J connectivity index is 1.66. The summed E-state index contributed by atoms with van der Waals surface area (Å²) in [6, 6.07) is 10.8. The number of hydrogen-bond donors (Lipinski definition) is 2. The van der Waals surface area contributed by atoms with Crippen LogP contribution in [0.5, 0.6) is 5.75 Å². The maximum absolute atomic E-state index is 13.0. The lowest BCUT2D eigenvalue weighted by atomic mass is 9.94. The van der Waals surface area contributed by atoms with Crippen LogP contribution in [0.25, 0.3) is 22.2 Å². The van der Waals surface area contributed by atoms with Crippen molar-refractivity contribution in [2.45, 2.75) is 39.7 Å². The van der Waals surface area contributed by atoms with Gasteiger partial charge in [-0.2, -0.15) is 12.7 Å². The quantitative estimate of drug-likeness (QED) is 0.501. The fourth-order valence-electron chi connectivity index (χ4n) is 5.63. The third kappa shape index (κ3) is 3.50. The van der Waals surface area contributed by atoms with E-state index in [1.165, 1.54) is 4.31 Å². The van der Waals surface area contributed by atoms with E-state index in [9.17, 15) is 23.1 Å². The molecule has 5 rings (SSSR count). The van der Waals surface area contributed by atoms with Crippen molar-refractivity contribution in [3.63, 3.8) is 0 Å². The minimum atomic E-state index is -3.97. The molecule has 2 aromatic carbocycles. The number of ether oxygens (including phenoxy) is 1. The number of aryl methyl sites for hydroxylation is 1. The molecular formula is C26H29N3O6S. The van der Waals surface area contributed by atoms with Crippen molar-refractivity contribution in [1.82, 2.24) is 13.6 Å². The molecule has 0 bridgehead atoms. The highest BCUT2D eigenvalue weighted by Crippen LogP contribution is 2.65. The second kappa shape index (κ2) is 8.35. The van der Waals surface area contributed by atoms with Gasteiger partial charge in [0.15, 0.2) is 0 Å². The van der Waals surface area contributed by atoms with Crippen molar-refractivity contribution >= 4 is 33.0 Å². The summed E-state index contributed by atoms with van der Waals surface area (Å²) in [5, 5.41) is 11.1. The minimum absolute atomic E-state index is 0.139. The number of amides is 1. The van der Waals surface area contributed by atoms with Crippen LogP contribution < -0.4 is 9.46 Å². The van der Waals surface area contributed by atoms with Gasteiger partial charge in [0.2, 0.25) is 0 Å². The van der Waals surface area contributed by atoms with E-state index in [0.29, 0.717) is 17.7 Å². The number of hydrogen-bond acceptors (Lipinski definition) is 5. The monoisotopic (exact) mass is 511 g/mol. The second-order valence-corrected chi connectivity index (χ2v) is 11.2. The van der Waals surface area contributed by atoms with Crippen LogP contribution in [-0.2, 0) is 21.5 Å². The van der Waals surface area contributed by atoms with Crippen LogP contribution in [0.4, 0.5) is 0 Å². The highest BCUT2D eigenvalue weighted by Gasteiger charge is 2.63. The standard InChI is InChI=1S/C26H29N3O6S/c1-5-28(6-2)36(33,34)27-24(30)16-7-9-18-15(3)23-19-10-8-17(35-4)12-20(19)21-13-26(21,25(31)32)14-29(23)22(18)11-16/h7-12,21H,5-6,13-14H2,1-4H3,(H,27,30)(H,31,32). The number of aromatic nitrogens is 1. The number of fused-ring (bicyclic) bond motifs is 7. The second-order valence-electron chi connectivity index (χ2n) is 9.48. The molecule has 36 heavy (non-hydrogen) atoms. The summed E-state index contributed by atoms with van der Waals surface area (Å²) in [6.45, 7) is 6.13. The van der Waals surface area contributed by atoms with Crippen LogP contribution in [0, 0.1) is 12.3 Å². The molecule has 1 saturated carbocycles. The topological polar surface area (TPSA) is 118 Å². The molecule has 0 saturated heterocycles. The van der Waals surface area contributed by atoms with Gasteiger partial charge >= 0.3 is 16.2 Å². The first-order chi connectivity index (χ1) is 17.1. The van der Waals surface area contributed by atoms with E-state index in [1.807, 2.05) is 29.7 Å². The van der Waals surface area contributed by atoms with Crippen LogP contribution in [0.1, 0.15) is 47.7 Å². The van der Waals surface area contributed by atoms with E-state index in [1.54, 1.807) is 39.2 Å². The number of methoxy groups -OCH3 is 1. The molecule has 3 aromatic rings. The fourth-order valence-corrected chi connectivity index (χ4v) is 6.79. The number of nitrogens with zero attached hydrogens (tertiary/aromatic N) is 2. The smallest absolute Gasteiger partial charge is 0.312 e. The molecule has 2 heterocycles. The highest BCUT2D eigenvalue weighted by molar-refractivity contribution is 7.87. The van der Waals surface area contributed by atoms with Crippen LogP contribution in [0.2, 0.25) is 0 Å². The number of carboxylic acid groups (broad SMARTS) is 1. The number of benzene rings is 2. The van der Waals surface area contributed by atoms with E-state index in [-0.39, 0.29) is 31.1 Å². The molecule has 0 spiro atoms. The Bertz CT molecular complexity index is 1520. The Hall–Kier alpha value is -3.37. The number of carboxylic acids is 1. The molecule has 0 radical (unpaired) electrons. The minimum Gasteiger partial charge on any atom is -0.497 e. The van der Waals surface area contributed by atoms with Gasteiger partial charge in [-0.3, -0.25) is 9.59 Å². The summed E-state index contributed by atoms with van der Waals surface area (Å²) < 4.78 is 35.9. The summed E-state index contributed by atoms with van der Waals surface area (Å²) in [6.07, 6.45) is 0.517. The molecule has 1 fully saturated rings. The van der Waals surface area contributed by atoms with Crippen molar-refractivity contribution in [2.75, 3.05) is 20.2 Å². The van der Waals surface area contributed by atoms with Crippen molar-refractivity contribution in [3.05, 3.63) is 53.1 Å². The molecule has 1 aromatic heterocycles. The molecule has 2 aliphatic rings. The first-order valence-electron chi connectivity index (χ1n) is 11.9. The number of rotatable bonds is 7. The van der Waals surface area contributed by atoms with Crippen LogP contribution in [0.3, 0.4) is 0 Å². The van der Waals surface area contributed by atoms with Crippen molar-refractivity contribution in [1.29, 1.82) is 0 Å². The molecule has 2 unspecified atom stereocenters. The van der Waals surface area contributed by atoms with Gasteiger partial charge in [-0.1, -0.05) is 19.9 Å². The molecule has 9 nitrogen and oxygen atoms in total. The summed E-state index contributed by atoms with van der Waals surface area (Å²) in [5.41, 5.74) is 3.72. The van der Waals surface area contributed by atoms with Gasteiger partial charge in [-0.15, -0.1) is 0 Å². The highest BCUT2D eigenvalue weighted by atomic mass is 32.2. The first kappa shape index (κ1) is 24.3. The average molecular weight is 512 g/mol. The Morgan fingerprint density at radius 3 is 2.56 bits per heavy atom. The maximum Gasteiger partial charge on any atom is 0.312 e. The van der Waals surface area contributed by atoms with Gasteiger partial charge in [0.25, 0.3) is 5.91 Å². The Kier molecular flexibility index (Phi) is 5.64. The lowest BCUT2D eigenvalue weighted by Crippen LogP contribution is -2.43. The van der Waals surface area contributed by atoms with Crippen LogP contribution in [-0.4, -0.2) is 54.5 Å². The number of nitrogens with one attached hydrogen (secondary N) is 1. The zero-order valence-corrected chi connectivity index (χ0v) is 21.5. The van der Waals surface area contributed by atoms with Gasteiger partial charge in [-0.25, -0.2) is 4.72 Å². The molecular weight excluding hydrogens is 482 g/mol. The van der Waals surface area contributed by atoms with Gasteiger partial charge in [0.1, 0.15) is 5.75 Å². The molecule has 2 N–H and O–H groups in total. The maximum atomic E-state index is 13.0.